The molecule has 0 bridgehead atoms. The molecule has 1 heterocycles. The summed E-state index contributed by atoms with van der Waals surface area (Å²) >= 11 is 0. The molecule has 1 aromatic rings. The van der Waals surface area contributed by atoms with Crippen LogP contribution < -0.4 is 15.8 Å². The van der Waals surface area contributed by atoms with Crippen molar-refractivity contribution in [2.45, 2.75) is 24.7 Å². The van der Waals surface area contributed by atoms with Crippen molar-refractivity contribution in [1.29, 1.82) is 0 Å². The molecule has 2 rings (SSSR count). The van der Waals surface area contributed by atoms with E-state index in [1.807, 2.05) is 24.3 Å². The van der Waals surface area contributed by atoms with Crippen LogP contribution in [-0.2, 0) is 0 Å². The second-order valence-corrected chi connectivity index (χ2v) is 4.66. The number of rotatable bonds is 3. The van der Waals surface area contributed by atoms with Crippen LogP contribution >= 0.6 is 0 Å². The van der Waals surface area contributed by atoms with Crippen LogP contribution in [0.5, 0.6) is 5.75 Å². The van der Waals surface area contributed by atoms with Crippen LogP contribution in [0.1, 0.15) is 18.0 Å². The Morgan fingerprint density at radius 3 is 2.90 bits per heavy atom. The van der Waals surface area contributed by atoms with Crippen molar-refractivity contribution in [1.82, 2.24) is 5.32 Å². The van der Waals surface area contributed by atoms with Gasteiger partial charge in [-0.1, -0.05) is 18.2 Å². The predicted octanol–water partition coefficient (Wildman–Crippen LogP) is 1.34. The Labute approximate surface area is 119 Å². The van der Waals surface area contributed by atoms with Gasteiger partial charge in [-0.2, -0.15) is 13.2 Å². The summed E-state index contributed by atoms with van der Waals surface area (Å²) < 4.78 is 41.9. The van der Waals surface area contributed by atoms with Crippen molar-refractivity contribution < 1.29 is 23.0 Å². The van der Waals surface area contributed by atoms with Crippen molar-refractivity contribution in [2.75, 3.05) is 13.2 Å². The molecule has 0 aliphatic carbocycles. The lowest BCUT2D eigenvalue weighted by atomic mass is 10.0. The molecular formula is C13H16F3N3O2. The van der Waals surface area contributed by atoms with Gasteiger partial charge in [-0.3, -0.25) is 4.99 Å². The van der Waals surface area contributed by atoms with Crippen molar-refractivity contribution in [3.63, 3.8) is 0 Å². The summed E-state index contributed by atoms with van der Waals surface area (Å²) in [5.41, 5.74) is 6.45. The number of hydrogen-bond acceptors (Lipinski definition) is 3. The van der Waals surface area contributed by atoms with Crippen LogP contribution in [0, 0.1) is 0 Å². The van der Waals surface area contributed by atoms with Gasteiger partial charge in [0.1, 0.15) is 5.75 Å². The average Bonchev–Trinajstić information content (AvgIpc) is 2.44. The highest BCUT2D eigenvalue weighted by Crippen LogP contribution is 2.31. The molecular weight excluding hydrogens is 287 g/mol. The highest BCUT2D eigenvalue weighted by molar-refractivity contribution is 5.78. The molecule has 0 amide bonds. The summed E-state index contributed by atoms with van der Waals surface area (Å²) in [4.78, 5) is 3.53. The molecule has 0 saturated heterocycles. The van der Waals surface area contributed by atoms with Gasteiger partial charge >= 0.3 is 6.18 Å². The molecule has 0 fully saturated rings. The maximum absolute atomic E-state index is 12.2. The molecule has 0 saturated carbocycles. The van der Waals surface area contributed by atoms with Gasteiger partial charge in [-0.05, 0) is 6.07 Å². The molecule has 1 aliphatic rings. The lowest BCUT2D eigenvalue weighted by Crippen LogP contribution is -2.39. The number of nitrogens with one attached hydrogen (secondary N) is 1. The van der Waals surface area contributed by atoms with Gasteiger partial charge in [0.15, 0.2) is 12.1 Å². The Morgan fingerprint density at radius 2 is 2.19 bits per heavy atom. The minimum atomic E-state index is -4.70. The molecule has 21 heavy (non-hydrogen) atoms. The molecule has 5 nitrogen and oxygen atoms in total. The molecule has 2 unspecified atom stereocenters. The number of fused-ring (bicyclic) bond motifs is 1. The predicted molar refractivity (Wildman–Crippen MR) is 71.0 cm³/mol. The number of ether oxygens (including phenoxy) is 1. The van der Waals surface area contributed by atoms with E-state index in [1.165, 1.54) is 0 Å². The summed E-state index contributed by atoms with van der Waals surface area (Å²) in [5.74, 6) is 0.573. The largest absolute Gasteiger partial charge is 0.493 e. The summed E-state index contributed by atoms with van der Waals surface area (Å²) in [5, 5.41) is 11.7. The number of halogens is 3. The number of alkyl halides is 3. The van der Waals surface area contributed by atoms with E-state index in [4.69, 9.17) is 15.6 Å². The third-order valence-electron chi connectivity index (χ3n) is 3.09. The molecule has 0 aromatic heterocycles. The zero-order chi connectivity index (χ0) is 15.5. The number of para-hydroxylation sites is 1. The number of hydrogen-bond donors (Lipinski definition) is 3. The SMILES string of the molecule is NC(=NCC(O)C(F)(F)F)NC1CCOc2ccccc21. The standard InChI is InChI=1S/C13H16F3N3O2/c14-13(15,16)11(20)7-18-12(17)19-9-5-6-21-10-4-2-1-3-8(9)10/h1-4,9,11,20H,5-7H2,(H3,17,18,19). The first-order chi connectivity index (χ1) is 9.88. The van der Waals surface area contributed by atoms with Gasteiger partial charge in [0, 0.05) is 12.0 Å². The Kier molecular flexibility index (Phi) is 4.56. The number of benzene rings is 1. The third-order valence-corrected chi connectivity index (χ3v) is 3.09. The second kappa shape index (κ2) is 6.21. The van der Waals surface area contributed by atoms with Gasteiger partial charge in [0.2, 0.25) is 0 Å². The Bertz CT molecular complexity index is 520. The third kappa shape index (κ3) is 4.01. The monoisotopic (exact) mass is 303 g/mol. The van der Waals surface area contributed by atoms with Gasteiger partial charge in [0.05, 0.1) is 19.2 Å². The van der Waals surface area contributed by atoms with Crippen molar-refractivity contribution in [3.05, 3.63) is 29.8 Å². The minimum Gasteiger partial charge on any atom is -0.493 e. The molecule has 8 heteroatoms. The molecule has 0 spiro atoms. The van der Waals surface area contributed by atoms with E-state index in [9.17, 15) is 13.2 Å². The molecule has 2 atom stereocenters. The fraction of sp³-hybridized carbons (Fsp3) is 0.462. The van der Waals surface area contributed by atoms with E-state index in [2.05, 4.69) is 10.3 Å². The van der Waals surface area contributed by atoms with Crippen LogP contribution in [0.2, 0.25) is 0 Å². The smallest absolute Gasteiger partial charge is 0.416 e. The van der Waals surface area contributed by atoms with Crippen molar-refractivity contribution in [3.8, 4) is 5.75 Å². The summed E-state index contributed by atoms with van der Waals surface area (Å²) in [6, 6.07) is 7.15. The topological polar surface area (TPSA) is 79.9 Å². The molecule has 0 radical (unpaired) electrons. The summed E-state index contributed by atoms with van der Waals surface area (Å²) in [7, 11) is 0. The first-order valence-corrected chi connectivity index (χ1v) is 6.41. The first-order valence-electron chi connectivity index (χ1n) is 6.41. The highest BCUT2D eigenvalue weighted by Gasteiger charge is 2.37. The van der Waals surface area contributed by atoms with Gasteiger partial charge < -0.3 is 20.9 Å². The lowest BCUT2D eigenvalue weighted by molar-refractivity contribution is -0.199. The Morgan fingerprint density at radius 1 is 1.48 bits per heavy atom. The van der Waals surface area contributed by atoms with E-state index in [-0.39, 0.29) is 12.0 Å². The Hall–Kier alpha value is -1.96. The normalized spacial score (nSPS) is 20.4. The number of aliphatic hydroxyl groups excluding tert-OH is 1. The van der Waals surface area contributed by atoms with Gasteiger partial charge in [0.25, 0.3) is 0 Å². The van der Waals surface area contributed by atoms with E-state index in [0.717, 1.165) is 5.56 Å². The van der Waals surface area contributed by atoms with E-state index < -0.39 is 18.8 Å². The highest BCUT2D eigenvalue weighted by atomic mass is 19.4. The number of nitrogens with two attached hydrogens (primary N) is 1. The number of aliphatic imine (C=N–C) groups is 1. The molecule has 1 aromatic carbocycles. The average molecular weight is 303 g/mol. The number of aliphatic hydroxyl groups is 1. The summed E-state index contributed by atoms with van der Waals surface area (Å²) in [6.07, 6.45) is -6.59. The van der Waals surface area contributed by atoms with E-state index in [1.54, 1.807) is 0 Å². The summed E-state index contributed by atoms with van der Waals surface area (Å²) in [6.45, 7) is -0.347. The zero-order valence-corrected chi connectivity index (χ0v) is 11.1. The van der Waals surface area contributed by atoms with Crippen LogP contribution in [0.25, 0.3) is 0 Å². The first kappa shape index (κ1) is 15.4. The Balaban J connectivity index is 1.99. The minimum absolute atomic E-state index is 0.139. The fourth-order valence-corrected chi connectivity index (χ4v) is 2.00. The van der Waals surface area contributed by atoms with Crippen LogP contribution in [0.3, 0.4) is 0 Å². The maximum Gasteiger partial charge on any atom is 0.416 e. The molecule has 1 aliphatic heterocycles. The van der Waals surface area contributed by atoms with E-state index >= 15 is 0 Å². The second-order valence-electron chi connectivity index (χ2n) is 4.66. The van der Waals surface area contributed by atoms with Gasteiger partial charge in [-0.15, -0.1) is 0 Å². The van der Waals surface area contributed by atoms with E-state index in [0.29, 0.717) is 18.8 Å². The van der Waals surface area contributed by atoms with Crippen LogP contribution in [-0.4, -0.2) is 36.5 Å². The van der Waals surface area contributed by atoms with Crippen LogP contribution in [0.4, 0.5) is 13.2 Å². The zero-order valence-electron chi connectivity index (χ0n) is 11.1. The fourth-order valence-electron chi connectivity index (χ4n) is 2.00. The number of guanidine groups is 1. The van der Waals surface area contributed by atoms with Crippen LogP contribution in [0.15, 0.2) is 29.3 Å². The lowest BCUT2D eigenvalue weighted by Gasteiger charge is -2.27. The van der Waals surface area contributed by atoms with Gasteiger partial charge in [-0.25, -0.2) is 0 Å². The number of nitrogens with zero attached hydrogens (tertiary/aromatic N) is 1. The molecule has 4 N–H and O–H groups in total. The quantitative estimate of drug-likeness (QED) is 0.581. The van der Waals surface area contributed by atoms with Crippen molar-refractivity contribution in [2.24, 2.45) is 10.7 Å². The van der Waals surface area contributed by atoms with Crippen molar-refractivity contribution >= 4 is 5.96 Å². The molecule has 116 valence electrons. The maximum atomic E-state index is 12.2.